The Morgan fingerprint density at radius 2 is 0.703 bits per heavy atom. The van der Waals surface area contributed by atoms with Crippen LogP contribution in [0, 0.1) is 0 Å². The first-order valence-corrected chi connectivity index (χ1v) is 29.9. The minimum absolute atomic E-state index is 0. The number of hydrogen-bond donors (Lipinski definition) is 2. The molecule has 10 atom stereocenters. The van der Waals surface area contributed by atoms with Crippen LogP contribution in [0.15, 0.2) is 182 Å². The van der Waals surface area contributed by atoms with E-state index in [1.165, 1.54) is 42.7 Å². The Morgan fingerprint density at radius 1 is 0.429 bits per heavy atom. The fourth-order valence-electron chi connectivity index (χ4n) is 11.8. The van der Waals surface area contributed by atoms with Crippen LogP contribution in [-0.2, 0) is 61.9 Å². The molecule has 19 heteroatoms. The normalized spacial score (nSPS) is 18.7. The predicted molar refractivity (Wildman–Crippen MR) is 345 cm³/mol. The molecule has 6 aromatic rings. The maximum Gasteiger partial charge on any atom is 0.422 e. The lowest BCUT2D eigenvalue weighted by Gasteiger charge is -2.32. The quantitative estimate of drug-likeness (QED) is 0.0283. The van der Waals surface area contributed by atoms with E-state index < -0.39 is 41.2 Å². The molecular weight excluding hydrogens is 1160 g/mol. The van der Waals surface area contributed by atoms with Gasteiger partial charge in [0.15, 0.2) is 0 Å². The first kappa shape index (κ1) is 72.5. The van der Waals surface area contributed by atoms with Crippen LogP contribution in [0.4, 0.5) is 4.79 Å². The van der Waals surface area contributed by atoms with Crippen LogP contribution >= 0.6 is 0 Å². The molecule has 3 aliphatic heterocycles. The highest BCUT2D eigenvalue weighted by Gasteiger charge is 2.44. The molecule has 6 aromatic carbocycles. The van der Waals surface area contributed by atoms with Crippen molar-refractivity contribution in [2.24, 2.45) is 0 Å². The molecule has 91 heavy (non-hydrogen) atoms. The van der Waals surface area contributed by atoms with Gasteiger partial charge in [0.25, 0.3) is 0 Å². The molecule has 1 amide bonds. The summed E-state index contributed by atoms with van der Waals surface area (Å²) in [6.45, 7) is 6.11. The van der Waals surface area contributed by atoms with Crippen molar-refractivity contribution in [2.75, 3.05) is 49.2 Å². The minimum Gasteiger partial charge on any atom is -0.469 e. The Balaban J connectivity index is 0.000000226. The fourth-order valence-corrected chi connectivity index (χ4v) is 11.8. The van der Waals surface area contributed by atoms with Crippen LogP contribution in [0.25, 0.3) is 5.53 Å². The van der Waals surface area contributed by atoms with Gasteiger partial charge in [-0.05, 0) is 99.2 Å². The van der Waals surface area contributed by atoms with Gasteiger partial charge < -0.3 is 54.2 Å². The van der Waals surface area contributed by atoms with E-state index in [0.29, 0.717) is 12.1 Å². The zero-order chi connectivity index (χ0) is 65.2. The van der Waals surface area contributed by atoms with Crippen LogP contribution in [0.3, 0.4) is 0 Å². The summed E-state index contributed by atoms with van der Waals surface area (Å²) in [6.07, 6.45) is 4.35. The van der Waals surface area contributed by atoms with Gasteiger partial charge in [0.05, 0.1) is 77.9 Å². The number of nitrogens with one attached hydrogen (secondary N) is 2. The van der Waals surface area contributed by atoms with E-state index in [4.69, 9.17) is 34.0 Å². The third-order valence-corrected chi connectivity index (χ3v) is 16.0. The van der Waals surface area contributed by atoms with E-state index in [-0.39, 0.29) is 79.3 Å². The van der Waals surface area contributed by atoms with Crippen molar-refractivity contribution in [3.63, 3.8) is 0 Å². The van der Waals surface area contributed by atoms with E-state index in [0.717, 1.165) is 66.3 Å². The average Bonchev–Trinajstić information content (AvgIpc) is 2.13. The summed E-state index contributed by atoms with van der Waals surface area (Å²) in [6, 6.07) is 55.9. The van der Waals surface area contributed by atoms with Gasteiger partial charge in [0.1, 0.15) is 11.5 Å². The van der Waals surface area contributed by atoms with Crippen LogP contribution < -0.4 is 10.6 Å². The monoisotopic (exact) mass is 1250 g/mol. The number of ether oxygens (including phenoxy) is 7. The number of likely N-dealkylation sites (tertiary alicyclic amines) is 1. The van der Waals surface area contributed by atoms with Crippen LogP contribution in [0.5, 0.6) is 0 Å². The molecule has 9 rings (SSSR count). The van der Waals surface area contributed by atoms with Gasteiger partial charge in [0, 0.05) is 30.7 Å². The number of carbonyl (C=O) groups is 7. The molecule has 0 saturated carbocycles. The predicted octanol–water partition coefficient (Wildman–Crippen LogP) is 10.9. The summed E-state index contributed by atoms with van der Waals surface area (Å²) in [5, 5.41) is 7.03. The molecule has 0 radical (unpaired) electrons. The molecule has 3 heterocycles. The van der Waals surface area contributed by atoms with E-state index in [1.807, 2.05) is 172 Å². The van der Waals surface area contributed by atoms with Crippen molar-refractivity contribution < 1.29 is 71.5 Å². The van der Waals surface area contributed by atoms with E-state index >= 15 is 0 Å². The van der Waals surface area contributed by atoms with Gasteiger partial charge in [-0.15, -0.1) is 0 Å². The maximum atomic E-state index is 12.5. The Morgan fingerprint density at radius 3 is 0.967 bits per heavy atom. The second kappa shape index (κ2) is 36.4. The van der Waals surface area contributed by atoms with Crippen LogP contribution in [0.2, 0.25) is 0 Å². The molecular formula is C72H87N5O14. The third-order valence-electron chi connectivity index (χ3n) is 16.0. The topological polar surface area (TPSA) is 248 Å². The van der Waals surface area contributed by atoms with Gasteiger partial charge in [-0.2, -0.15) is 4.79 Å². The first-order valence-electron chi connectivity index (χ1n) is 29.9. The molecule has 3 fully saturated rings. The number of nitrogens with zero attached hydrogens (tertiary/aromatic N) is 3. The summed E-state index contributed by atoms with van der Waals surface area (Å²) in [5.74, 6) is -4.18. The highest BCUT2D eigenvalue weighted by atomic mass is 16.6. The number of esters is 6. The largest absolute Gasteiger partial charge is 0.469 e. The molecule has 3 saturated heterocycles. The SMILES string of the molecule is C.COC(=O)C(=[N+]=[N-])c1ccccc1.COC(=O)C(c1ccccc1)C1CC[C@H]([C@@H](C(=O)OC)c2ccccc2)N1.COC(=O)[C@@H](c1ccccc1)[C@H]1CCCN1C(=O)OC(C)(C)C.COC(=O)[C@@H](c1ccccc1)[C@H]1CC[C@H]([C@@H](C(=O)OC)c2ccccc2)N1. The van der Waals surface area contributed by atoms with Crippen molar-refractivity contribution in [2.45, 2.75) is 132 Å². The van der Waals surface area contributed by atoms with Gasteiger partial charge in [-0.25, -0.2) is 9.59 Å². The van der Waals surface area contributed by atoms with Crippen molar-refractivity contribution >= 4 is 47.6 Å². The molecule has 0 aromatic heterocycles. The minimum atomic E-state index is -0.659. The smallest absolute Gasteiger partial charge is 0.422 e. The van der Waals surface area contributed by atoms with Gasteiger partial charge >= 0.3 is 47.6 Å². The van der Waals surface area contributed by atoms with Crippen LogP contribution in [-0.4, -0.2) is 142 Å². The zero-order valence-electron chi connectivity index (χ0n) is 52.6. The summed E-state index contributed by atoms with van der Waals surface area (Å²) in [4.78, 5) is 90.3. The van der Waals surface area contributed by atoms with Gasteiger partial charge in [-0.3, -0.25) is 24.0 Å². The lowest BCUT2D eigenvalue weighted by molar-refractivity contribution is -0.144. The lowest BCUT2D eigenvalue weighted by atomic mass is 9.90. The number of benzene rings is 6. The zero-order valence-corrected chi connectivity index (χ0v) is 52.6. The highest BCUT2D eigenvalue weighted by Crippen LogP contribution is 2.37. The summed E-state index contributed by atoms with van der Waals surface area (Å²) < 4.78 is 35.1. The van der Waals surface area contributed by atoms with Crippen LogP contribution in [0.1, 0.15) is 130 Å². The second-order valence-corrected chi connectivity index (χ2v) is 22.7. The van der Waals surface area contributed by atoms with Crippen molar-refractivity contribution in [3.8, 4) is 0 Å². The molecule has 0 spiro atoms. The highest BCUT2D eigenvalue weighted by molar-refractivity contribution is 6.40. The Labute approximate surface area is 534 Å². The average molecular weight is 1250 g/mol. The van der Waals surface area contributed by atoms with Gasteiger partial charge in [0.2, 0.25) is 0 Å². The number of rotatable bonds is 17. The molecule has 19 nitrogen and oxygen atoms in total. The second-order valence-electron chi connectivity index (χ2n) is 22.7. The number of amides is 1. The summed E-state index contributed by atoms with van der Waals surface area (Å²) in [5.41, 5.74) is 13.0. The molecule has 484 valence electrons. The molecule has 2 unspecified atom stereocenters. The maximum absolute atomic E-state index is 12.5. The number of hydrogen-bond acceptors (Lipinski definition) is 16. The standard InChI is InChI=1S/2C22H25NO4.C18H25NO4.C9H8N2O2.CH4/c2*1-26-21(24)19(15-9-5-3-6-10-15)17-13-14-18(23-17)20(22(25)27-2)16-11-7-4-8-12-16;1-18(2,3)23-17(21)19-12-8-11-14(19)15(16(20)22-4)13-9-6-5-7-10-13;1-13-9(12)8(11-10)7-5-3-2-4-6-7;/h2*3-12,17-20,23H,13-14H2,1-2H3;5-7,9-10,14-15H,8,11-12H2,1-4H3;2-6H,1H3;1H4/t17-,18?,19+,20?;17-,18-,19+,20+;14-,15+;;/m111../s1. The molecule has 2 N–H and O–H groups in total. The summed E-state index contributed by atoms with van der Waals surface area (Å²) >= 11 is 0. The van der Waals surface area contributed by atoms with Crippen molar-refractivity contribution in [3.05, 3.63) is 221 Å². The Kier molecular flexibility index (Phi) is 29.0. The summed E-state index contributed by atoms with van der Waals surface area (Å²) in [7, 11) is 8.25. The molecule has 0 bridgehead atoms. The first-order chi connectivity index (χ1) is 43.4. The fraction of sp³-hybridized carbons (Fsp3) is 0.389. The van der Waals surface area contributed by atoms with E-state index in [2.05, 4.69) is 20.2 Å². The molecule has 3 aliphatic rings. The van der Waals surface area contributed by atoms with Crippen molar-refractivity contribution in [1.29, 1.82) is 0 Å². The van der Waals surface area contributed by atoms with Gasteiger partial charge in [-0.1, -0.05) is 177 Å². The van der Waals surface area contributed by atoms with E-state index in [1.54, 1.807) is 35.2 Å². The third kappa shape index (κ3) is 20.1. The number of carbonyl (C=O) groups excluding carboxylic acids is 7. The van der Waals surface area contributed by atoms with E-state index in [9.17, 15) is 33.6 Å². The molecule has 0 aliphatic carbocycles. The Bertz CT molecular complexity index is 3030. The number of methoxy groups -OCH3 is 6. The lowest BCUT2D eigenvalue weighted by Crippen LogP contribution is -2.44. The Hall–Kier alpha value is -9.29. The van der Waals surface area contributed by atoms with Crippen molar-refractivity contribution in [1.82, 2.24) is 15.5 Å².